The number of unbranched alkanes of at least 4 members (excludes halogenated alkanes) is 39. The summed E-state index contributed by atoms with van der Waals surface area (Å²) in [6.45, 7) is 11.9. The Labute approximate surface area is 599 Å². The number of ether oxygens (including phenoxy) is 4. The number of carbonyl (C=O) groups excluding carboxylic acids is 4. The second kappa shape index (κ2) is 68.9. The molecule has 0 aromatic carbocycles. The van der Waals surface area contributed by atoms with Gasteiger partial charge in [-0.3, -0.25) is 37.3 Å². The molecule has 0 spiro atoms. The molecule has 0 saturated carbocycles. The van der Waals surface area contributed by atoms with Gasteiger partial charge in [-0.05, 0) is 69.1 Å². The minimum atomic E-state index is -4.97. The molecule has 0 radical (unpaired) electrons. The summed E-state index contributed by atoms with van der Waals surface area (Å²) in [5.74, 6) is 0.192. The van der Waals surface area contributed by atoms with Crippen LogP contribution in [0.1, 0.15) is 382 Å². The molecule has 17 nitrogen and oxygen atoms in total. The molecular weight excluding hydrogens is 1280 g/mol. The Kier molecular flexibility index (Phi) is 67.2. The van der Waals surface area contributed by atoms with E-state index in [4.69, 9.17) is 37.0 Å². The summed E-state index contributed by atoms with van der Waals surface area (Å²) in [4.78, 5) is 73.0. The van der Waals surface area contributed by atoms with Crippen molar-refractivity contribution in [3.05, 3.63) is 24.3 Å². The fourth-order valence-electron chi connectivity index (χ4n) is 11.6. The maximum absolute atomic E-state index is 13.1. The van der Waals surface area contributed by atoms with Gasteiger partial charge in [0.2, 0.25) is 0 Å². The lowest BCUT2D eigenvalue weighted by molar-refractivity contribution is -0.161. The molecule has 0 fully saturated rings. The van der Waals surface area contributed by atoms with Gasteiger partial charge in [0.05, 0.1) is 26.4 Å². The largest absolute Gasteiger partial charge is 0.472 e. The number of aliphatic hydroxyl groups is 1. The second-order valence-electron chi connectivity index (χ2n) is 29.0. The van der Waals surface area contributed by atoms with Crippen LogP contribution >= 0.6 is 15.6 Å². The highest BCUT2D eigenvalue weighted by Gasteiger charge is 2.30. The normalized spacial score (nSPS) is 14.4. The summed E-state index contributed by atoms with van der Waals surface area (Å²) in [5, 5.41) is 10.6. The van der Waals surface area contributed by atoms with E-state index in [0.29, 0.717) is 25.7 Å². The van der Waals surface area contributed by atoms with Crippen molar-refractivity contribution >= 4 is 39.5 Å². The first kappa shape index (κ1) is 95.5. The molecular formula is C79H150O17P2. The number of rotatable bonds is 75. The number of phosphoric acid groups is 2. The van der Waals surface area contributed by atoms with Gasteiger partial charge in [-0.2, -0.15) is 0 Å². The van der Waals surface area contributed by atoms with Gasteiger partial charge < -0.3 is 33.8 Å². The van der Waals surface area contributed by atoms with Crippen molar-refractivity contribution in [3.63, 3.8) is 0 Å². The predicted octanol–water partition coefficient (Wildman–Crippen LogP) is 22.9. The molecule has 0 rings (SSSR count). The highest BCUT2D eigenvalue weighted by atomic mass is 31.2. The molecule has 98 heavy (non-hydrogen) atoms. The summed E-state index contributed by atoms with van der Waals surface area (Å²) < 4.78 is 68.6. The summed E-state index contributed by atoms with van der Waals surface area (Å²) in [7, 11) is -9.93. The van der Waals surface area contributed by atoms with Crippen LogP contribution in [0.3, 0.4) is 0 Å². The first-order valence-electron chi connectivity index (χ1n) is 40.2. The Morgan fingerprint density at radius 3 is 0.908 bits per heavy atom. The Morgan fingerprint density at radius 1 is 0.337 bits per heavy atom. The Hall–Kier alpha value is -2.46. The third-order valence-corrected chi connectivity index (χ3v) is 20.0. The van der Waals surface area contributed by atoms with Crippen molar-refractivity contribution in [2.24, 2.45) is 17.8 Å². The van der Waals surface area contributed by atoms with E-state index >= 15 is 0 Å². The molecule has 0 aliphatic heterocycles. The molecule has 0 amide bonds. The molecule has 0 aliphatic carbocycles. The summed E-state index contributed by atoms with van der Waals surface area (Å²) in [6, 6.07) is 0. The van der Waals surface area contributed by atoms with E-state index in [1.165, 1.54) is 173 Å². The standard InChI is InChI=1S/C79H150O17P2/c1-8-10-11-12-13-14-15-16-17-20-26-31-39-46-53-60-76(81)89-66-74(95-78(83)62-55-48-41-32-27-21-18-19-24-29-36-43-50-57-70(3)4)68-93-97(85,86)91-64-73(80)65-92-98(87,88)94-69-75(67-90-77(82)61-54-47-40-35-34-38-45-52-59-72(7)9-2)96-79(84)63-56-49-42-33-28-23-22-25-30-37-44-51-58-71(5)6/h14-17,70-75,80H,8-13,18-69H2,1-7H3,(H,85,86)(H,87,88)/b15-14-,17-16-/t72?,73-,74-,75-/m1/s1. The van der Waals surface area contributed by atoms with Gasteiger partial charge in [0.1, 0.15) is 19.3 Å². The first-order chi connectivity index (χ1) is 47.3. The minimum absolute atomic E-state index is 0.100. The summed E-state index contributed by atoms with van der Waals surface area (Å²) in [6.07, 6.45) is 58.9. The first-order valence-corrected chi connectivity index (χ1v) is 43.2. The SMILES string of the molecule is CCCCCC/C=C\C=C/CCCCCCCC(=O)OC[C@H](COP(=O)(O)OC[C@@H](O)COP(=O)(O)OC[C@@H](COC(=O)CCCCCCCCCCC(C)CC)OC(=O)CCCCCCCCCCCCCCC(C)C)OC(=O)CCCCCCCCCCCCCCCC(C)C. The van der Waals surface area contributed by atoms with Gasteiger partial charge in [0.15, 0.2) is 12.2 Å². The van der Waals surface area contributed by atoms with Crippen molar-refractivity contribution < 1.29 is 80.2 Å². The summed E-state index contributed by atoms with van der Waals surface area (Å²) >= 11 is 0. The van der Waals surface area contributed by atoms with Gasteiger partial charge >= 0.3 is 39.5 Å². The molecule has 0 saturated heterocycles. The van der Waals surface area contributed by atoms with Crippen molar-refractivity contribution in [2.45, 2.75) is 401 Å². The number of hydrogen-bond donors (Lipinski definition) is 3. The van der Waals surface area contributed by atoms with E-state index in [0.717, 1.165) is 127 Å². The van der Waals surface area contributed by atoms with E-state index in [9.17, 15) is 43.2 Å². The fraction of sp³-hybridized carbons (Fsp3) is 0.899. The smallest absolute Gasteiger partial charge is 0.462 e. The minimum Gasteiger partial charge on any atom is -0.462 e. The number of allylic oxidation sites excluding steroid dienone is 4. The van der Waals surface area contributed by atoms with Gasteiger partial charge in [-0.25, -0.2) is 9.13 Å². The predicted molar refractivity (Wildman–Crippen MR) is 400 cm³/mol. The van der Waals surface area contributed by atoms with Crippen LogP contribution in [0.2, 0.25) is 0 Å². The molecule has 6 atom stereocenters. The Morgan fingerprint density at radius 2 is 0.602 bits per heavy atom. The number of esters is 4. The lowest BCUT2D eigenvalue weighted by atomic mass is 9.99. The lowest BCUT2D eigenvalue weighted by Gasteiger charge is -2.21. The van der Waals surface area contributed by atoms with E-state index in [-0.39, 0.29) is 25.7 Å². The third-order valence-electron chi connectivity index (χ3n) is 18.1. The van der Waals surface area contributed by atoms with Gasteiger partial charge in [0, 0.05) is 25.7 Å². The van der Waals surface area contributed by atoms with Crippen LogP contribution in [0, 0.1) is 17.8 Å². The van der Waals surface area contributed by atoms with E-state index in [2.05, 4.69) is 72.8 Å². The maximum Gasteiger partial charge on any atom is 0.472 e. The monoisotopic (exact) mass is 1430 g/mol. The Balaban J connectivity index is 5.31. The quantitative estimate of drug-likeness (QED) is 0.0169. The van der Waals surface area contributed by atoms with Crippen LogP contribution in [-0.2, 0) is 65.4 Å². The number of phosphoric ester groups is 2. The van der Waals surface area contributed by atoms with Crippen molar-refractivity contribution in [3.8, 4) is 0 Å². The molecule has 3 unspecified atom stereocenters. The average Bonchev–Trinajstić information content (AvgIpc) is 1.09. The molecule has 0 aliphatic rings. The average molecular weight is 1430 g/mol. The molecule has 578 valence electrons. The van der Waals surface area contributed by atoms with Crippen LogP contribution in [0.5, 0.6) is 0 Å². The van der Waals surface area contributed by atoms with E-state index in [1.54, 1.807) is 0 Å². The zero-order valence-electron chi connectivity index (χ0n) is 63.7. The van der Waals surface area contributed by atoms with Crippen LogP contribution in [0.25, 0.3) is 0 Å². The van der Waals surface area contributed by atoms with Gasteiger partial charge in [-0.1, -0.05) is 330 Å². The topological polar surface area (TPSA) is 237 Å². The number of aliphatic hydroxyl groups excluding tert-OH is 1. The fourth-order valence-corrected chi connectivity index (χ4v) is 13.1. The van der Waals surface area contributed by atoms with Crippen LogP contribution in [0.15, 0.2) is 24.3 Å². The van der Waals surface area contributed by atoms with Gasteiger partial charge in [-0.15, -0.1) is 0 Å². The third kappa shape index (κ3) is 70.6. The highest BCUT2D eigenvalue weighted by molar-refractivity contribution is 7.47. The van der Waals surface area contributed by atoms with Crippen LogP contribution in [-0.4, -0.2) is 96.7 Å². The number of carbonyl (C=O) groups is 4. The van der Waals surface area contributed by atoms with Crippen molar-refractivity contribution in [1.82, 2.24) is 0 Å². The zero-order chi connectivity index (χ0) is 72.3. The van der Waals surface area contributed by atoms with E-state index < -0.39 is 97.5 Å². The molecule has 0 heterocycles. The molecule has 0 bridgehead atoms. The van der Waals surface area contributed by atoms with Crippen molar-refractivity contribution in [1.29, 1.82) is 0 Å². The van der Waals surface area contributed by atoms with Crippen LogP contribution < -0.4 is 0 Å². The second-order valence-corrected chi connectivity index (χ2v) is 31.9. The van der Waals surface area contributed by atoms with Gasteiger partial charge in [0.25, 0.3) is 0 Å². The molecule has 3 N–H and O–H groups in total. The Bertz CT molecular complexity index is 2000. The summed E-state index contributed by atoms with van der Waals surface area (Å²) in [5.41, 5.74) is 0. The highest BCUT2D eigenvalue weighted by Crippen LogP contribution is 2.45. The van der Waals surface area contributed by atoms with Crippen molar-refractivity contribution in [2.75, 3.05) is 39.6 Å². The molecule has 0 aromatic rings. The molecule has 0 aromatic heterocycles. The zero-order valence-corrected chi connectivity index (χ0v) is 65.5. The van der Waals surface area contributed by atoms with E-state index in [1.807, 2.05) is 0 Å². The molecule has 19 heteroatoms. The maximum atomic E-state index is 13.1. The lowest BCUT2D eigenvalue weighted by Crippen LogP contribution is -2.30. The number of hydrogen-bond acceptors (Lipinski definition) is 15. The van der Waals surface area contributed by atoms with Crippen LogP contribution in [0.4, 0.5) is 0 Å².